The van der Waals surface area contributed by atoms with Gasteiger partial charge in [-0.25, -0.2) is 4.98 Å². The van der Waals surface area contributed by atoms with Crippen molar-refractivity contribution < 1.29 is 9.47 Å². The molecule has 1 radical (unpaired) electrons. The number of aromatic nitrogens is 2. The van der Waals surface area contributed by atoms with Gasteiger partial charge < -0.3 is 25.1 Å². The molecule has 0 atom stereocenters. The Hall–Kier alpha value is -2.60. The summed E-state index contributed by atoms with van der Waals surface area (Å²) < 4.78 is 11.2. The number of halogens is 1. The van der Waals surface area contributed by atoms with Gasteiger partial charge in [0.15, 0.2) is 11.5 Å². The number of hydrogen-bond acceptors (Lipinski definition) is 5. The van der Waals surface area contributed by atoms with Crippen molar-refractivity contribution in [3.05, 3.63) is 35.5 Å². The van der Waals surface area contributed by atoms with Crippen molar-refractivity contribution in [1.29, 1.82) is 0 Å². The molecule has 6 nitrogen and oxygen atoms in total. The van der Waals surface area contributed by atoms with E-state index in [4.69, 9.17) is 21.1 Å². The highest BCUT2D eigenvalue weighted by atomic mass is 35.5. The number of H-pyrrole nitrogens is 1. The Labute approximate surface area is 137 Å². The van der Waals surface area contributed by atoms with Crippen LogP contribution < -0.4 is 20.1 Å². The number of hydrogen-bond donors (Lipinski definition) is 3. The molecular formula is C16H14ClN4O2. The van der Waals surface area contributed by atoms with Crippen molar-refractivity contribution in [1.82, 2.24) is 9.97 Å². The highest BCUT2D eigenvalue weighted by molar-refractivity contribution is 6.36. The number of pyridine rings is 1. The zero-order valence-electron chi connectivity index (χ0n) is 12.4. The molecular weight excluding hydrogens is 316 g/mol. The highest BCUT2D eigenvalue weighted by Gasteiger charge is 2.17. The van der Waals surface area contributed by atoms with Gasteiger partial charge in [-0.15, -0.1) is 0 Å². The lowest BCUT2D eigenvalue weighted by atomic mass is 10.2. The second-order valence-corrected chi connectivity index (χ2v) is 5.44. The maximum absolute atomic E-state index is 6.19. The summed E-state index contributed by atoms with van der Waals surface area (Å²) in [4.78, 5) is 7.62. The number of benzene rings is 1. The summed E-state index contributed by atoms with van der Waals surface area (Å²) in [6.45, 7) is 1.04. The van der Waals surface area contributed by atoms with E-state index < -0.39 is 0 Å². The molecule has 2 aromatic heterocycles. The summed E-state index contributed by atoms with van der Waals surface area (Å²) in [6.07, 6.45) is 1.72. The maximum Gasteiger partial charge on any atom is 0.185 e. The summed E-state index contributed by atoms with van der Waals surface area (Å²) in [5.41, 5.74) is 2.38. The smallest absolute Gasteiger partial charge is 0.185 e. The van der Waals surface area contributed by atoms with Crippen molar-refractivity contribution in [3.8, 4) is 11.5 Å². The van der Waals surface area contributed by atoms with Crippen LogP contribution in [0.5, 0.6) is 11.5 Å². The Morgan fingerprint density at radius 1 is 1.30 bits per heavy atom. The van der Waals surface area contributed by atoms with E-state index in [-0.39, 0.29) is 0 Å². The summed E-state index contributed by atoms with van der Waals surface area (Å²) in [7, 11) is 1.85. The normalized spacial score (nSPS) is 13.1. The van der Waals surface area contributed by atoms with E-state index in [0.717, 1.165) is 16.8 Å². The van der Waals surface area contributed by atoms with E-state index in [1.165, 1.54) is 0 Å². The van der Waals surface area contributed by atoms with Gasteiger partial charge in [0.05, 0.1) is 21.8 Å². The van der Waals surface area contributed by atoms with Crippen LogP contribution >= 0.6 is 11.6 Å². The van der Waals surface area contributed by atoms with Gasteiger partial charge in [-0.2, -0.15) is 0 Å². The lowest BCUT2D eigenvalue weighted by molar-refractivity contribution is 0.172. The van der Waals surface area contributed by atoms with Crippen LogP contribution in [0.4, 0.5) is 17.2 Å². The Morgan fingerprint density at radius 2 is 2.17 bits per heavy atom. The number of nitrogens with one attached hydrogen (secondary N) is 3. The summed E-state index contributed by atoms with van der Waals surface area (Å²) >= 11 is 6.19. The van der Waals surface area contributed by atoms with Gasteiger partial charge in [-0.1, -0.05) is 11.6 Å². The molecule has 1 aliphatic rings. The predicted octanol–water partition coefficient (Wildman–Crippen LogP) is 3.57. The first-order valence-electron chi connectivity index (χ1n) is 7.19. The summed E-state index contributed by atoms with van der Waals surface area (Å²) in [5, 5.41) is 7.90. The molecule has 1 aromatic carbocycles. The number of aromatic amines is 1. The van der Waals surface area contributed by atoms with Crippen LogP contribution in [0.3, 0.4) is 0 Å². The molecule has 117 valence electrons. The third-order valence-corrected chi connectivity index (χ3v) is 3.92. The van der Waals surface area contributed by atoms with Crippen molar-refractivity contribution in [2.24, 2.45) is 0 Å². The minimum absolute atomic E-state index is 0.514. The Bertz CT molecular complexity index is 878. The van der Waals surface area contributed by atoms with E-state index in [1.807, 2.05) is 19.2 Å². The number of anilines is 3. The van der Waals surface area contributed by atoms with Gasteiger partial charge in [0.1, 0.15) is 24.7 Å². The first-order chi connectivity index (χ1) is 11.3. The molecule has 0 unspecified atom stereocenters. The van der Waals surface area contributed by atoms with E-state index >= 15 is 0 Å². The van der Waals surface area contributed by atoms with Gasteiger partial charge in [-0.05, 0) is 12.1 Å². The maximum atomic E-state index is 6.19. The van der Waals surface area contributed by atoms with Crippen LogP contribution in [0.2, 0.25) is 5.02 Å². The van der Waals surface area contributed by atoms with Crippen LogP contribution in [0.15, 0.2) is 24.4 Å². The Balaban J connectivity index is 1.76. The molecule has 0 aliphatic carbocycles. The molecule has 3 heterocycles. The average Bonchev–Trinajstić information content (AvgIpc) is 2.96. The second kappa shape index (κ2) is 5.55. The van der Waals surface area contributed by atoms with Crippen LogP contribution in [-0.4, -0.2) is 30.2 Å². The molecule has 0 fully saturated rings. The lowest BCUT2D eigenvalue weighted by Gasteiger charge is -2.21. The minimum Gasteiger partial charge on any atom is -0.485 e. The number of nitrogens with zero attached hydrogens (tertiary/aromatic N) is 1. The van der Waals surface area contributed by atoms with Gasteiger partial charge in [0.2, 0.25) is 0 Å². The molecule has 0 spiro atoms. The van der Waals surface area contributed by atoms with Crippen molar-refractivity contribution in [2.75, 3.05) is 30.9 Å². The van der Waals surface area contributed by atoms with Crippen LogP contribution in [-0.2, 0) is 0 Å². The van der Waals surface area contributed by atoms with Gasteiger partial charge in [0, 0.05) is 25.4 Å². The Kier molecular flexibility index (Phi) is 3.38. The molecule has 3 aromatic rings. The zero-order chi connectivity index (χ0) is 15.8. The fourth-order valence-electron chi connectivity index (χ4n) is 2.59. The molecule has 1 aliphatic heterocycles. The van der Waals surface area contributed by atoms with Gasteiger partial charge >= 0.3 is 0 Å². The monoisotopic (exact) mass is 329 g/mol. The van der Waals surface area contributed by atoms with Crippen LogP contribution in [0.1, 0.15) is 0 Å². The standard InChI is InChI=1S/C16H14ClN4O2/c1-18-11-7-13(21-16-14(11)9(17)8-19-16)20-10-3-2-4-12-15(10)23-6-5-22-12/h2-3,7-8H,5-6H2,1H3,(H3,18,19,20,21). The first kappa shape index (κ1) is 14.0. The van der Waals surface area contributed by atoms with Crippen molar-refractivity contribution >= 4 is 39.8 Å². The van der Waals surface area contributed by atoms with E-state index in [1.54, 1.807) is 12.3 Å². The molecule has 23 heavy (non-hydrogen) atoms. The molecule has 0 bridgehead atoms. The molecule has 7 heteroatoms. The highest BCUT2D eigenvalue weighted by Crippen LogP contribution is 2.39. The molecule has 4 rings (SSSR count). The van der Waals surface area contributed by atoms with Crippen molar-refractivity contribution in [2.45, 2.75) is 0 Å². The molecule has 3 N–H and O–H groups in total. The third-order valence-electron chi connectivity index (χ3n) is 3.62. The van der Waals surface area contributed by atoms with Crippen LogP contribution in [0.25, 0.3) is 11.0 Å². The largest absolute Gasteiger partial charge is 0.485 e. The average molecular weight is 330 g/mol. The van der Waals surface area contributed by atoms with Gasteiger partial charge in [-0.3, -0.25) is 0 Å². The molecule has 0 saturated carbocycles. The SMILES string of the molecule is CNc1cc(Nc2cc[c]c3c2OCCO3)nc2[nH]cc(Cl)c12. The first-order valence-corrected chi connectivity index (χ1v) is 7.57. The quantitative estimate of drug-likeness (QED) is 0.685. The second-order valence-electron chi connectivity index (χ2n) is 5.04. The van der Waals surface area contributed by atoms with Crippen LogP contribution in [0, 0.1) is 6.07 Å². The molecule has 0 amide bonds. The number of rotatable bonds is 3. The summed E-state index contributed by atoms with van der Waals surface area (Å²) in [5.74, 6) is 1.93. The zero-order valence-corrected chi connectivity index (χ0v) is 13.1. The fraction of sp³-hybridized carbons (Fsp3) is 0.188. The lowest BCUT2D eigenvalue weighted by Crippen LogP contribution is -2.16. The van der Waals surface area contributed by atoms with Crippen molar-refractivity contribution in [3.63, 3.8) is 0 Å². The van der Waals surface area contributed by atoms with Gasteiger partial charge in [0.25, 0.3) is 0 Å². The minimum atomic E-state index is 0.514. The topological polar surface area (TPSA) is 71.2 Å². The Morgan fingerprint density at radius 3 is 3.04 bits per heavy atom. The number of ether oxygens (including phenoxy) is 2. The van der Waals surface area contributed by atoms with E-state index in [0.29, 0.717) is 41.2 Å². The summed E-state index contributed by atoms with van der Waals surface area (Å²) in [6, 6.07) is 8.59. The predicted molar refractivity (Wildman–Crippen MR) is 90.2 cm³/mol. The third kappa shape index (κ3) is 2.41. The number of fused-ring (bicyclic) bond motifs is 2. The van der Waals surface area contributed by atoms with E-state index in [9.17, 15) is 0 Å². The van der Waals surface area contributed by atoms with E-state index in [2.05, 4.69) is 26.7 Å². The molecule has 0 saturated heterocycles. The fourth-order valence-corrected chi connectivity index (χ4v) is 2.84.